The van der Waals surface area contributed by atoms with E-state index in [1.807, 2.05) is 54.3 Å². The molecule has 0 fully saturated rings. The van der Waals surface area contributed by atoms with E-state index < -0.39 is 0 Å². The van der Waals surface area contributed by atoms with Crippen molar-refractivity contribution < 1.29 is 4.57 Å². The Morgan fingerprint density at radius 1 is 0.652 bits per heavy atom. The highest BCUT2D eigenvalue weighted by Gasteiger charge is 1.92. The van der Waals surface area contributed by atoms with Crippen LogP contribution in [0.5, 0.6) is 0 Å². The number of aryl methyl sites for hydroxylation is 1. The number of hydrogen-bond acceptors (Lipinski definition) is 0. The molecule has 0 aliphatic heterocycles. The molecule has 0 amide bonds. The highest BCUT2D eigenvalue weighted by atomic mass is 14.9. The van der Waals surface area contributed by atoms with Crippen LogP contribution in [0.15, 0.2) is 79.1 Å². The van der Waals surface area contributed by atoms with Gasteiger partial charge in [-0.3, -0.25) is 0 Å². The minimum atomic E-state index is 1.03. The average Bonchev–Trinajstić information content (AvgIpc) is 2.61. The average molecular weight is 296 g/mol. The van der Waals surface area contributed by atoms with Crippen LogP contribution in [-0.2, 0) is 7.05 Å². The first-order valence-electron chi connectivity index (χ1n) is 7.60. The van der Waals surface area contributed by atoms with Gasteiger partial charge in [-0.1, -0.05) is 54.3 Å². The third-order valence-corrected chi connectivity index (χ3v) is 3.51. The highest BCUT2D eigenvalue weighted by molar-refractivity contribution is 5.69. The van der Waals surface area contributed by atoms with Gasteiger partial charge >= 0.3 is 0 Å². The number of pyridine rings is 1. The molecule has 1 heterocycles. The van der Waals surface area contributed by atoms with Gasteiger partial charge in [-0.25, -0.2) is 4.57 Å². The lowest BCUT2D eigenvalue weighted by molar-refractivity contribution is -0.671. The summed E-state index contributed by atoms with van der Waals surface area (Å²) < 4.78 is 2.03. The van der Waals surface area contributed by atoms with Crippen molar-refractivity contribution in [3.63, 3.8) is 0 Å². The van der Waals surface area contributed by atoms with E-state index in [2.05, 4.69) is 60.4 Å². The summed E-state index contributed by atoms with van der Waals surface area (Å²) in [6.45, 7) is 0. The summed E-state index contributed by atoms with van der Waals surface area (Å²) in [5.41, 5.74) is 4.42. The fourth-order valence-corrected chi connectivity index (χ4v) is 2.16. The molecule has 23 heavy (non-hydrogen) atoms. The SMILES string of the molecule is C[n+]1ccc(/C=C/c2ccc(C#Cc3ccccc3)cc2)cc1. The Balaban J connectivity index is 1.70. The van der Waals surface area contributed by atoms with E-state index in [1.165, 1.54) is 11.1 Å². The molecule has 1 heteroatoms. The van der Waals surface area contributed by atoms with Crippen molar-refractivity contribution in [1.29, 1.82) is 0 Å². The van der Waals surface area contributed by atoms with Crippen LogP contribution in [0, 0.1) is 11.8 Å². The van der Waals surface area contributed by atoms with E-state index in [-0.39, 0.29) is 0 Å². The Morgan fingerprint density at radius 2 is 1.17 bits per heavy atom. The Hall–Kier alpha value is -3.11. The number of aromatic nitrogens is 1. The zero-order valence-corrected chi connectivity index (χ0v) is 13.1. The monoisotopic (exact) mass is 296 g/mol. The van der Waals surface area contributed by atoms with Crippen LogP contribution < -0.4 is 4.57 Å². The number of nitrogens with zero attached hydrogens (tertiary/aromatic N) is 1. The Labute approximate surface area is 137 Å². The zero-order valence-electron chi connectivity index (χ0n) is 13.1. The third kappa shape index (κ3) is 4.43. The molecular weight excluding hydrogens is 278 g/mol. The van der Waals surface area contributed by atoms with Crippen LogP contribution in [0.2, 0.25) is 0 Å². The zero-order chi connectivity index (χ0) is 15.9. The molecule has 0 N–H and O–H groups in total. The van der Waals surface area contributed by atoms with Crippen molar-refractivity contribution in [2.75, 3.05) is 0 Å². The van der Waals surface area contributed by atoms with Crippen LogP contribution in [0.3, 0.4) is 0 Å². The fraction of sp³-hybridized carbons (Fsp3) is 0.0455. The molecule has 0 saturated carbocycles. The van der Waals surface area contributed by atoms with Gasteiger partial charge in [-0.15, -0.1) is 0 Å². The topological polar surface area (TPSA) is 3.88 Å². The molecule has 1 aromatic heterocycles. The lowest BCUT2D eigenvalue weighted by Crippen LogP contribution is -2.25. The third-order valence-electron chi connectivity index (χ3n) is 3.51. The molecular formula is C22H18N+. The van der Waals surface area contributed by atoms with Gasteiger partial charge < -0.3 is 0 Å². The minimum absolute atomic E-state index is 1.03. The quantitative estimate of drug-likeness (QED) is 0.495. The normalized spacial score (nSPS) is 10.3. The van der Waals surface area contributed by atoms with Gasteiger partial charge in [0.05, 0.1) is 0 Å². The molecule has 0 bridgehead atoms. The van der Waals surface area contributed by atoms with E-state index in [0.717, 1.165) is 11.1 Å². The summed E-state index contributed by atoms with van der Waals surface area (Å²) in [4.78, 5) is 0. The lowest BCUT2D eigenvalue weighted by Gasteiger charge is -1.95. The maximum absolute atomic E-state index is 3.19. The summed E-state index contributed by atoms with van der Waals surface area (Å²) >= 11 is 0. The fourth-order valence-electron chi connectivity index (χ4n) is 2.16. The molecule has 2 aromatic carbocycles. The van der Waals surface area contributed by atoms with E-state index in [4.69, 9.17) is 0 Å². The van der Waals surface area contributed by atoms with Gasteiger partial charge in [-0.2, -0.15) is 0 Å². The Morgan fingerprint density at radius 3 is 1.78 bits per heavy atom. The molecule has 1 nitrogen and oxygen atoms in total. The van der Waals surface area contributed by atoms with E-state index in [0.29, 0.717) is 0 Å². The Kier molecular flexibility index (Phi) is 4.66. The van der Waals surface area contributed by atoms with Gasteiger partial charge in [0.15, 0.2) is 12.4 Å². The standard InChI is InChI=1S/C22H18N/c1-23-17-15-22(16-18-23)14-13-21-11-9-20(10-12-21)8-7-19-5-3-2-4-6-19/h2-6,9-18H,1H3/q+1/b14-13+. The first-order valence-corrected chi connectivity index (χ1v) is 7.60. The predicted octanol–water partition coefficient (Wildman–Crippen LogP) is 4.08. The maximum atomic E-state index is 3.19. The highest BCUT2D eigenvalue weighted by Crippen LogP contribution is 2.09. The van der Waals surface area contributed by atoms with E-state index >= 15 is 0 Å². The molecule has 0 unspecified atom stereocenters. The van der Waals surface area contributed by atoms with Crippen molar-refractivity contribution in [1.82, 2.24) is 0 Å². The predicted molar refractivity (Wildman–Crippen MR) is 95.4 cm³/mol. The molecule has 0 aliphatic carbocycles. The summed E-state index contributed by atoms with van der Waals surface area (Å²) in [6.07, 6.45) is 8.32. The first kappa shape index (κ1) is 14.8. The largest absolute Gasteiger partial charge is 0.208 e. The molecule has 0 atom stereocenters. The van der Waals surface area contributed by atoms with Gasteiger partial charge in [0.1, 0.15) is 7.05 Å². The second kappa shape index (κ2) is 7.24. The molecule has 0 aliphatic rings. The van der Waals surface area contributed by atoms with Crippen LogP contribution in [0.25, 0.3) is 12.2 Å². The van der Waals surface area contributed by atoms with Crippen molar-refractivity contribution >= 4 is 12.2 Å². The second-order valence-corrected chi connectivity index (χ2v) is 5.37. The van der Waals surface area contributed by atoms with Crippen LogP contribution in [0.1, 0.15) is 22.3 Å². The lowest BCUT2D eigenvalue weighted by atomic mass is 10.1. The number of rotatable bonds is 2. The van der Waals surface area contributed by atoms with Crippen LogP contribution in [-0.4, -0.2) is 0 Å². The van der Waals surface area contributed by atoms with E-state index in [9.17, 15) is 0 Å². The minimum Gasteiger partial charge on any atom is -0.208 e. The van der Waals surface area contributed by atoms with E-state index in [1.54, 1.807) is 0 Å². The summed E-state index contributed by atoms with van der Waals surface area (Å²) in [5.74, 6) is 6.36. The van der Waals surface area contributed by atoms with Crippen molar-refractivity contribution in [2.24, 2.45) is 7.05 Å². The molecule has 0 spiro atoms. The smallest absolute Gasteiger partial charge is 0.169 e. The van der Waals surface area contributed by atoms with Crippen LogP contribution >= 0.6 is 0 Å². The molecule has 0 radical (unpaired) electrons. The molecule has 3 aromatic rings. The van der Waals surface area contributed by atoms with Gasteiger partial charge in [0.25, 0.3) is 0 Å². The van der Waals surface area contributed by atoms with Gasteiger partial charge in [0.2, 0.25) is 0 Å². The van der Waals surface area contributed by atoms with Crippen molar-refractivity contribution in [2.45, 2.75) is 0 Å². The van der Waals surface area contributed by atoms with Crippen molar-refractivity contribution in [3.8, 4) is 11.8 Å². The number of benzene rings is 2. The Bertz CT molecular complexity index is 846. The first-order chi connectivity index (χ1) is 11.3. The second-order valence-electron chi connectivity index (χ2n) is 5.37. The maximum Gasteiger partial charge on any atom is 0.169 e. The van der Waals surface area contributed by atoms with Gasteiger partial charge in [-0.05, 0) is 35.4 Å². The van der Waals surface area contributed by atoms with Crippen molar-refractivity contribution in [3.05, 3.63) is 101 Å². The summed E-state index contributed by atoms with van der Waals surface area (Å²) in [5, 5.41) is 0. The van der Waals surface area contributed by atoms with Gasteiger partial charge in [0, 0.05) is 23.3 Å². The summed E-state index contributed by atoms with van der Waals surface area (Å²) in [7, 11) is 2.02. The molecule has 0 saturated heterocycles. The van der Waals surface area contributed by atoms with Crippen LogP contribution in [0.4, 0.5) is 0 Å². The molecule has 110 valence electrons. The summed E-state index contributed by atoms with van der Waals surface area (Å²) in [6, 6.07) is 22.5. The number of hydrogen-bond donors (Lipinski definition) is 0. The molecule has 3 rings (SSSR count).